The lowest BCUT2D eigenvalue weighted by Gasteiger charge is -2.09. The first-order valence-electron chi connectivity index (χ1n) is 5.30. The number of aromatic nitrogens is 2. The molecule has 2 amide bonds. The highest BCUT2D eigenvalue weighted by Gasteiger charge is 2.06. The molecule has 0 bridgehead atoms. The second kappa shape index (κ2) is 6.24. The summed E-state index contributed by atoms with van der Waals surface area (Å²) in [6, 6.07) is 1.09. The van der Waals surface area contributed by atoms with Crippen LogP contribution in [-0.4, -0.2) is 29.1 Å². The normalized spacial score (nSPS) is 10.4. The minimum atomic E-state index is -0.546. The molecule has 0 aliphatic rings. The highest BCUT2D eigenvalue weighted by molar-refractivity contribution is 6.29. The van der Waals surface area contributed by atoms with E-state index in [-0.39, 0.29) is 5.92 Å². The van der Waals surface area contributed by atoms with Crippen molar-refractivity contribution < 1.29 is 4.79 Å². The monoisotopic (exact) mass is 257 g/mol. The predicted molar refractivity (Wildman–Crippen MR) is 67.2 cm³/mol. The van der Waals surface area contributed by atoms with Gasteiger partial charge in [-0.15, -0.1) is 0 Å². The molecule has 1 rings (SSSR count). The van der Waals surface area contributed by atoms with Crippen LogP contribution in [0.3, 0.4) is 0 Å². The van der Waals surface area contributed by atoms with Crippen molar-refractivity contribution in [2.45, 2.75) is 19.8 Å². The zero-order valence-corrected chi connectivity index (χ0v) is 10.6. The van der Waals surface area contributed by atoms with Crippen LogP contribution in [0, 0.1) is 0 Å². The predicted octanol–water partition coefficient (Wildman–Crippen LogP) is 1.33. The fourth-order valence-corrected chi connectivity index (χ4v) is 1.35. The van der Waals surface area contributed by atoms with E-state index in [1.165, 1.54) is 0 Å². The molecule has 0 radical (unpaired) electrons. The molecule has 0 saturated carbocycles. The van der Waals surface area contributed by atoms with Crippen LogP contribution in [0.4, 0.5) is 10.6 Å². The van der Waals surface area contributed by atoms with E-state index in [0.29, 0.717) is 29.9 Å². The van der Waals surface area contributed by atoms with Gasteiger partial charge in [0, 0.05) is 25.1 Å². The number of anilines is 1. The van der Waals surface area contributed by atoms with Crippen molar-refractivity contribution in [2.24, 2.45) is 5.73 Å². The molecule has 94 valence electrons. The molecular formula is C10H16ClN5O. The Morgan fingerprint density at radius 1 is 1.47 bits per heavy atom. The van der Waals surface area contributed by atoms with Crippen molar-refractivity contribution in [2.75, 3.05) is 18.4 Å². The molecule has 0 unspecified atom stereocenters. The quantitative estimate of drug-likeness (QED) is 0.548. The Morgan fingerprint density at radius 2 is 2.18 bits per heavy atom. The fraction of sp³-hybridized carbons (Fsp3) is 0.500. The minimum Gasteiger partial charge on any atom is -0.368 e. The van der Waals surface area contributed by atoms with Crippen molar-refractivity contribution >= 4 is 23.4 Å². The maximum absolute atomic E-state index is 10.4. The standard InChI is InChI=1S/C10H16ClN5O/c1-6(2)9-15-7(11)5-8(16-9)13-3-4-14-10(12)17/h5-6H,3-4H2,1-2H3,(H3,12,14,17)(H,13,15,16). The molecule has 1 heterocycles. The molecule has 0 aliphatic heterocycles. The summed E-state index contributed by atoms with van der Waals surface area (Å²) in [6.45, 7) is 4.93. The number of nitrogens with one attached hydrogen (secondary N) is 2. The van der Waals surface area contributed by atoms with E-state index in [2.05, 4.69) is 20.6 Å². The van der Waals surface area contributed by atoms with Gasteiger partial charge in [0.25, 0.3) is 0 Å². The molecule has 4 N–H and O–H groups in total. The van der Waals surface area contributed by atoms with Crippen LogP contribution >= 0.6 is 11.6 Å². The van der Waals surface area contributed by atoms with Crippen molar-refractivity contribution in [1.29, 1.82) is 0 Å². The number of amides is 2. The van der Waals surface area contributed by atoms with Crippen molar-refractivity contribution in [3.05, 3.63) is 17.0 Å². The van der Waals surface area contributed by atoms with E-state index in [0.717, 1.165) is 0 Å². The summed E-state index contributed by atoms with van der Waals surface area (Å²) in [7, 11) is 0. The Labute approximate surface area is 105 Å². The first-order valence-corrected chi connectivity index (χ1v) is 5.68. The number of carbonyl (C=O) groups excluding carboxylic acids is 1. The SMILES string of the molecule is CC(C)c1nc(Cl)cc(NCCNC(N)=O)n1. The largest absolute Gasteiger partial charge is 0.368 e. The summed E-state index contributed by atoms with van der Waals surface area (Å²) < 4.78 is 0. The third-order valence-electron chi connectivity index (χ3n) is 1.96. The third-order valence-corrected chi connectivity index (χ3v) is 2.15. The summed E-state index contributed by atoms with van der Waals surface area (Å²) in [4.78, 5) is 18.9. The van der Waals surface area contributed by atoms with Crippen LogP contribution < -0.4 is 16.4 Å². The Bertz CT molecular complexity index is 396. The van der Waals surface area contributed by atoms with Crippen LogP contribution in [0.1, 0.15) is 25.6 Å². The second-order valence-electron chi connectivity index (χ2n) is 3.81. The number of hydrogen-bond donors (Lipinski definition) is 3. The van der Waals surface area contributed by atoms with Gasteiger partial charge < -0.3 is 16.4 Å². The number of rotatable bonds is 5. The lowest BCUT2D eigenvalue weighted by atomic mass is 10.2. The first-order chi connectivity index (χ1) is 7.99. The maximum Gasteiger partial charge on any atom is 0.312 e. The van der Waals surface area contributed by atoms with Crippen LogP contribution in [0.2, 0.25) is 5.15 Å². The number of urea groups is 1. The van der Waals surface area contributed by atoms with Crippen molar-refractivity contribution in [3.63, 3.8) is 0 Å². The van der Waals surface area contributed by atoms with Gasteiger partial charge in [-0.3, -0.25) is 0 Å². The van der Waals surface area contributed by atoms with E-state index < -0.39 is 6.03 Å². The molecular weight excluding hydrogens is 242 g/mol. The lowest BCUT2D eigenvalue weighted by Crippen LogP contribution is -2.33. The summed E-state index contributed by atoms with van der Waals surface area (Å²) in [5.74, 6) is 1.53. The van der Waals surface area contributed by atoms with Gasteiger partial charge in [-0.05, 0) is 0 Å². The van der Waals surface area contributed by atoms with Gasteiger partial charge in [-0.2, -0.15) is 0 Å². The molecule has 0 saturated heterocycles. The number of hydrogen-bond acceptors (Lipinski definition) is 4. The van der Waals surface area contributed by atoms with Gasteiger partial charge in [0.15, 0.2) is 0 Å². The molecule has 0 fully saturated rings. The molecule has 1 aromatic rings. The molecule has 1 aromatic heterocycles. The Morgan fingerprint density at radius 3 is 2.76 bits per heavy atom. The van der Waals surface area contributed by atoms with E-state index in [1.807, 2.05) is 13.8 Å². The molecule has 0 spiro atoms. The lowest BCUT2D eigenvalue weighted by molar-refractivity contribution is 0.249. The number of halogens is 1. The van der Waals surface area contributed by atoms with Gasteiger partial charge in [0.05, 0.1) is 0 Å². The van der Waals surface area contributed by atoms with Gasteiger partial charge in [-0.25, -0.2) is 14.8 Å². The number of primary amides is 1. The summed E-state index contributed by atoms with van der Waals surface area (Å²) in [6.07, 6.45) is 0. The van der Waals surface area contributed by atoms with Gasteiger partial charge >= 0.3 is 6.03 Å². The number of carbonyl (C=O) groups is 1. The van der Waals surface area contributed by atoms with Crippen molar-refractivity contribution in [1.82, 2.24) is 15.3 Å². The molecule has 0 aliphatic carbocycles. The van der Waals surface area contributed by atoms with E-state index in [9.17, 15) is 4.79 Å². The highest BCUT2D eigenvalue weighted by atomic mass is 35.5. The maximum atomic E-state index is 10.4. The smallest absolute Gasteiger partial charge is 0.312 e. The molecule has 6 nitrogen and oxygen atoms in total. The van der Waals surface area contributed by atoms with E-state index >= 15 is 0 Å². The first kappa shape index (κ1) is 13.5. The van der Waals surface area contributed by atoms with Crippen LogP contribution in [-0.2, 0) is 0 Å². The second-order valence-corrected chi connectivity index (χ2v) is 4.19. The Kier molecular flexibility index (Phi) is 4.96. The molecule has 7 heteroatoms. The minimum absolute atomic E-state index is 0.206. The van der Waals surface area contributed by atoms with Gasteiger partial charge in [-0.1, -0.05) is 25.4 Å². The molecule has 0 aromatic carbocycles. The van der Waals surface area contributed by atoms with Gasteiger partial charge in [0.1, 0.15) is 16.8 Å². The zero-order chi connectivity index (χ0) is 12.8. The number of nitrogens with zero attached hydrogens (tertiary/aromatic N) is 2. The fourth-order valence-electron chi connectivity index (χ4n) is 1.16. The zero-order valence-electron chi connectivity index (χ0n) is 9.83. The van der Waals surface area contributed by atoms with Crippen LogP contribution in [0.5, 0.6) is 0 Å². The molecule has 0 atom stereocenters. The highest BCUT2D eigenvalue weighted by Crippen LogP contribution is 2.16. The third kappa shape index (κ3) is 4.86. The molecule has 17 heavy (non-hydrogen) atoms. The summed E-state index contributed by atoms with van der Waals surface area (Å²) in [5, 5.41) is 5.90. The van der Waals surface area contributed by atoms with Crippen LogP contribution in [0.15, 0.2) is 6.07 Å². The Balaban J connectivity index is 2.55. The summed E-state index contributed by atoms with van der Waals surface area (Å²) >= 11 is 5.88. The topological polar surface area (TPSA) is 92.9 Å². The van der Waals surface area contributed by atoms with Gasteiger partial charge in [0.2, 0.25) is 0 Å². The average molecular weight is 258 g/mol. The van der Waals surface area contributed by atoms with E-state index in [4.69, 9.17) is 17.3 Å². The average Bonchev–Trinajstić information content (AvgIpc) is 2.23. The Hall–Kier alpha value is -1.56. The van der Waals surface area contributed by atoms with E-state index in [1.54, 1.807) is 6.07 Å². The van der Waals surface area contributed by atoms with Crippen molar-refractivity contribution in [3.8, 4) is 0 Å². The van der Waals surface area contributed by atoms with Crippen LogP contribution in [0.25, 0.3) is 0 Å². The summed E-state index contributed by atoms with van der Waals surface area (Å²) in [5.41, 5.74) is 4.94. The number of nitrogens with two attached hydrogens (primary N) is 1.